The Hall–Kier alpha value is -1.46. The van der Waals surface area contributed by atoms with E-state index in [0.717, 1.165) is 0 Å². The molecule has 98 valence electrons. The average Bonchev–Trinajstić information content (AvgIpc) is 2.78. The second-order valence-electron chi connectivity index (χ2n) is 5.34. The van der Waals surface area contributed by atoms with Crippen LogP contribution < -0.4 is 0 Å². The molecule has 0 bridgehead atoms. The minimum absolute atomic E-state index is 0.0364. The lowest BCUT2D eigenvalue weighted by Gasteiger charge is -2.39. The molecule has 1 heterocycles. The van der Waals surface area contributed by atoms with E-state index in [0.29, 0.717) is 18.8 Å². The van der Waals surface area contributed by atoms with Gasteiger partial charge in [-0.3, -0.25) is 10.1 Å². The summed E-state index contributed by atoms with van der Waals surface area (Å²) < 4.78 is 11.5. The summed E-state index contributed by atoms with van der Waals surface area (Å²) in [4.78, 5) is 10.7. The lowest BCUT2D eigenvalue weighted by atomic mass is 9.80. The molecule has 5 nitrogen and oxygen atoms in total. The van der Waals surface area contributed by atoms with E-state index in [1.165, 1.54) is 6.07 Å². The first-order valence-electron chi connectivity index (χ1n) is 5.90. The third-order valence-corrected chi connectivity index (χ3v) is 3.14. The van der Waals surface area contributed by atoms with Crippen LogP contribution in [-0.2, 0) is 15.3 Å². The maximum atomic E-state index is 11.1. The summed E-state index contributed by atoms with van der Waals surface area (Å²) in [7, 11) is 0. The van der Waals surface area contributed by atoms with Crippen LogP contribution in [0.3, 0.4) is 0 Å². The first kappa shape index (κ1) is 13.0. The molecule has 1 aromatic rings. The zero-order valence-electron chi connectivity index (χ0n) is 10.8. The van der Waals surface area contributed by atoms with Crippen LogP contribution in [0.2, 0.25) is 0 Å². The maximum Gasteiger partial charge on any atom is 0.278 e. The predicted octanol–water partition coefficient (Wildman–Crippen LogP) is 2.84. The number of para-hydroxylation sites is 1. The molecule has 0 saturated carbocycles. The van der Waals surface area contributed by atoms with E-state index >= 15 is 0 Å². The third kappa shape index (κ3) is 1.89. The van der Waals surface area contributed by atoms with Crippen molar-refractivity contribution >= 4 is 5.69 Å². The summed E-state index contributed by atoms with van der Waals surface area (Å²) in [5.74, 6) is -1.04. The van der Waals surface area contributed by atoms with Crippen LogP contribution in [0.15, 0.2) is 24.3 Å². The normalized spacial score (nSPS) is 18.8. The number of rotatable bonds is 2. The molecule has 0 atom stereocenters. The van der Waals surface area contributed by atoms with Gasteiger partial charge in [0.15, 0.2) is 0 Å². The van der Waals surface area contributed by atoms with Gasteiger partial charge in [-0.25, -0.2) is 0 Å². The monoisotopic (exact) mass is 251 g/mol. The van der Waals surface area contributed by atoms with Crippen LogP contribution in [0.5, 0.6) is 0 Å². The second-order valence-corrected chi connectivity index (χ2v) is 5.34. The van der Waals surface area contributed by atoms with E-state index < -0.39 is 16.1 Å². The zero-order valence-corrected chi connectivity index (χ0v) is 10.8. The second kappa shape index (κ2) is 4.33. The molecule has 1 saturated heterocycles. The van der Waals surface area contributed by atoms with Crippen molar-refractivity contribution < 1.29 is 14.4 Å². The molecule has 2 rings (SSSR count). The zero-order chi connectivity index (χ0) is 13.4. The van der Waals surface area contributed by atoms with E-state index in [-0.39, 0.29) is 5.69 Å². The fraction of sp³-hybridized carbons (Fsp3) is 0.538. The Labute approximate surface area is 106 Å². The Morgan fingerprint density at radius 2 is 1.78 bits per heavy atom. The number of nitrogens with zero attached hydrogens (tertiary/aromatic N) is 1. The molecule has 0 amide bonds. The van der Waals surface area contributed by atoms with Gasteiger partial charge in [-0.05, 0) is 6.07 Å². The molecule has 1 aliphatic rings. The first-order chi connectivity index (χ1) is 8.38. The Morgan fingerprint density at radius 1 is 1.22 bits per heavy atom. The van der Waals surface area contributed by atoms with E-state index in [1.807, 2.05) is 20.8 Å². The molecule has 1 fully saturated rings. The van der Waals surface area contributed by atoms with Gasteiger partial charge < -0.3 is 9.47 Å². The SMILES string of the molecule is CC(C)(C)C1(c2ccccc2[N+](=O)[O-])OCCO1. The highest BCUT2D eigenvalue weighted by Crippen LogP contribution is 2.48. The largest absolute Gasteiger partial charge is 0.343 e. The van der Waals surface area contributed by atoms with Crippen molar-refractivity contribution in [2.24, 2.45) is 5.41 Å². The van der Waals surface area contributed by atoms with Gasteiger partial charge in [-0.1, -0.05) is 32.9 Å². The molecule has 5 heteroatoms. The van der Waals surface area contributed by atoms with Crippen LogP contribution in [0, 0.1) is 15.5 Å². The van der Waals surface area contributed by atoms with Crippen LogP contribution in [-0.4, -0.2) is 18.1 Å². The van der Waals surface area contributed by atoms with Crippen molar-refractivity contribution in [1.82, 2.24) is 0 Å². The Balaban J connectivity index is 2.61. The smallest absolute Gasteiger partial charge is 0.278 e. The Bertz CT molecular complexity index is 458. The van der Waals surface area contributed by atoms with Gasteiger partial charge in [-0.2, -0.15) is 0 Å². The molecule has 0 radical (unpaired) electrons. The molecule has 1 aliphatic heterocycles. The van der Waals surface area contributed by atoms with Gasteiger partial charge >= 0.3 is 0 Å². The number of hydrogen-bond donors (Lipinski definition) is 0. The van der Waals surface area contributed by atoms with E-state index in [2.05, 4.69) is 0 Å². The molecule has 0 spiro atoms. The third-order valence-electron chi connectivity index (χ3n) is 3.14. The van der Waals surface area contributed by atoms with Gasteiger partial charge in [-0.15, -0.1) is 0 Å². The van der Waals surface area contributed by atoms with E-state index in [9.17, 15) is 10.1 Å². The first-order valence-corrected chi connectivity index (χ1v) is 5.90. The number of nitro benzene ring substituents is 1. The number of ether oxygens (including phenoxy) is 2. The highest BCUT2D eigenvalue weighted by molar-refractivity contribution is 5.44. The molecule has 1 aromatic carbocycles. The van der Waals surface area contributed by atoms with Crippen LogP contribution in [0.25, 0.3) is 0 Å². The summed E-state index contributed by atoms with van der Waals surface area (Å²) in [5, 5.41) is 11.1. The summed E-state index contributed by atoms with van der Waals surface area (Å²) in [6, 6.07) is 6.59. The van der Waals surface area contributed by atoms with Gasteiger partial charge in [0, 0.05) is 11.5 Å². The van der Waals surface area contributed by atoms with Crippen molar-refractivity contribution in [3.05, 3.63) is 39.9 Å². The predicted molar refractivity (Wildman–Crippen MR) is 66.1 cm³/mol. The van der Waals surface area contributed by atoms with Crippen LogP contribution in [0.4, 0.5) is 5.69 Å². The van der Waals surface area contributed by atoms with Gasteiger partial charge in [0.2, 0.25) is 5.79 Å². The summed E-state index contributed by atoms with van der Waals surface area (Å²) >= 11 is 0. The summed E-state index contributed by atoms with van der Waals surface area (Å²) in [5.41, 5.74) is 0.129. The fourth-order valence-electron chi connectivity index (χ4n) is 2.32. The molecule has 0 aromatic heterocycles. The molecule has 18 heavy (non-hydrogen) atoms. The Morgan fingerprint density at radius 3 is 2.28 bits per heavy atom. The van der Waals surface area contributed by atoms with E-state index in [4.69, 9.17) is 9.47 Å². The number of benzene rings is 1. The quantitative estimate of drug-likeness (QED) is 0.599. The lowest BCUT2D eigenvalue weighted by Crippen LogP contribution is -2.41. The van der Waals surface area contributed by atoms with Crippen molar-refractivity contribution in [3.8, 4) is 0 Å². The fourth-order valence-corrected chi connectivity index (χ4v) is 2.32. The minimum Gasteiger partial charge on any atom is -0.343 e. The molecular weight excluding hydrogens is 234 g/mol. The highest BCUT2D eigenvalue weighted by atomic mass is 16.7. The van der Waals surface area contributed by atoms with Gasteiger partial charge in [0.25, 0.3) is 5.69 Å². The molecule has 0 aliphatic carbocycles. The highest BCUT2D eigenvalue weighted by Gasteiger charge is 2.52. The van der Waals surface area contributed by atoms with Crippen molar-refractivity contribution in [1.29, 1.82) is 0 Å². The van der Waals surface area contributed by atoms with Crippen LogP contribution >= 0.6 is 0 Å². The average molecular weight is 251 g/mol. The molecular formula is C13H17NO4. The Kier molecular flexibility index (Phi) is 3.12. The van der Waals surface area contributed by atoms with E-state index in [1.54, 1.807) is 18.2 Å². The maximum absolute atomic E-state index is 11.1. The molecule has 0 N–H and O–H groups in total. The number of nitro groups is 1. The minimum atomic E-state index is -1.04. The van der Waals surface area contributed by atoms with Crippen molar-refractivity contribution in [2.45, 2.75) is 26.6 Å². The van der Waals surface area contributed by atoms with Gasteiger partial charge in [0.1, 0.15) is 0 Å². The number of hydrogen-bond acceptors (Lipinski definition) is 4. The van der Waals surface area contributed by atoms with Gasteiger partial charge in [0.05, 0.1) is 23.7 Å². The van der Waals surface area contributed by atoms with Crippen molar-refractivity contribution in [3.63, 3.8) is 0 Å². The summed E-state index contributed by atoms with van der Waals surface area (Å²) in [6.45, 7) is 6.76. The van der Waals surface area contributed by atoms with Crippen molar-refractivity contribution in [2.75, 3.05) is 13.2 Å². The lowest BCUT2D eigenvalue weighted by molar-refractivity contribution is -0.389. The topological polar surface area (TPSA) is 61.6 Å². The molecule has 0 unspecified atom stereocenters. The van der Waals surface area contributed by atoms with Crippen LogP contribution in [0.1, 0.15) is 26.3 Å². The standard InChI is InChI=1S/C13H17NO4/c1-12(2,3)13(17-8-9-18-13)10-6-4-5-7-11(10)14(15)16/h4-7H,8-9H2,1-3H3. The summed E-state index contributed by atoms with van der Waals surface area (Å²) in [6.07, 6.45) is 0.